The van der Waals surface area contributed by atoms with E-state index in [2.05, 4.69) is 8.05 Å². The van der Waals surface area contributed by atoms with Gasteiger partial charge < -0.3 is 3.07 Å². The number of hydrogen-bond donors (Lipinski definition) is 0. The highest BCUT2D eigenvalue weighted by atomic mass is 127. The van der Waals surface area contributed by atoms with Crippen molar-refractivity contribution in [3.8, 4) is 0 Å². The highest BCUT2D eigenvalue weighted by Gasteiger charge is 1.58. The predicted octanol–water partition coefficient (Wildman–Crippen LogP) is 1.59. The van der Waals surface area contributed by atoms with E-state index in [0.717, 1.165) is 0 Å². The zero-order chi connectivity index (χ0) is 7.66. The summed E-state index contributed by atoms with van der Waals surface area (Å²) in [5.74, 6) is 0. The Morgan fingerprint density at radius 2 is 1.80 bits per heavy atom. The molecule has 1 aromatic heterocycles. The Bertz CT molecular complexity index is 130. The average molecular weight is 251 g/mol. The fourth-order valence-electron chi connectivity index (χ4n) is 0.313. The van der Waals surface area contributed by atoms with Gasteiger partial charge in [0.2, 0.25) is 0 Å². The molecule has 0 saturated carbocycles. The molecule has 0 radical (unpaired) electrons. The molecule has 0 aliphatic carbocycles. The van der Waals surface area contributed by atoms with Gasteiger partial charge in [0.25, 0.3) is 0 Å². The maximum atomic E-state index is 8.94. The molecule has 0 N–H and O–H groups in total. The van der Waals surface area contributed by atoms with E-state index in [1.165, 1.54) is 23.0 Å². The second-order valence-electron chi connectivity index (χ2n) is 1.21. The van der Waals surface area contributed by atoms with Gasteiger partial charge in [-0.3, -0.25) is 9.78 Å². The van der Waals surface area contributed by atoms with Crippen LogP contribution in [0.4, 0.5) is 0 Å². The zero-order valence-electron chi connectivity index (χ0n) is 5.11. The van der Waals surface area contributed by atoms with Crippen molar-refractivity contribution in [2.45, 2.75) is 0 Å². The molecule has 1 rings (SSSR count). The molecular weight excluding hydrogens is 245 g/mol. The lowest BCUT2D eigenvalue weighted by molar-refractivity contribution is -0.118. The van der Waals surface area contributed by atoms with Crippen molar-refractivity contribution in [3.05, 3.63) is 30.6 Å². The van der Waals surface area contributed by atoms with E-state index >= 15 is 0 Å². The summed E-state index contributed by atoms with van der Waals surface area (Å²) in [4.78, 5) is 12.7. The topological polar surface area (TPSA) is 39.2 Å². The summed E-state index contributed by atoms with van der Waals surface area (Å²) in [5, 5.41) is 0. The van der Waals surface area contributed by atoms with E-state index in [-0.39, 0.29) is 0 Å². The minimum Gasteiger partial charge on any atom is -0.397 e. The molecule has 0 spiro atoms. The van der Waals surface area contributed by atoms with Gasteiger partial charge in [0, 0.05) is 12.4 Å². The number of nitrogens with zero attached hydrogens (tertiary/aromatic N) is 1. The third kappa shape index (κ3) is 7.35. The molecule has 0 aromatic carbocycles. The van der Waals surface area contributed by atoms with Gasteiger partial charge >= 0.3 is 6.47 Å². The number of carbonyl (C=O) groups is 1. The van der Waals surface area contributed by atoms with Crippen LogP contribution in [-0.2, 0) is 7.86 Å². The van der Waals surface area contributed by atoms with Crippen LogP contribution in [0.15, 0.2) is 30.6 Å². The lowest BCUT2D eigenvalue weighted by Gasteiger charge is -1.70. The molecule has 0 bridgehead atoms. The minimum atomic E-state index is 0.362. The Balaban J connectivity index is 0.000000180. The maximum Gasteiger partial charge on any atom is 0.302 e. The van der Waals surface area contributed by atoms with Crippen molar-refractivity contribution in [2.75, 3.05) is 0 Å². The Hall–Kier alpha value is -0.650. The lowest BCUT2D eigenvalue weighted by atomic mass is 10.5. The molecule has 4 heteroatoms. The van der Waals surface area contributed by atoms with E-state index in [9.17, 15) is 0 Å². The number of pyridine rings is 1. The van der Waals surface area contributed by atoms with E-state index in [1.54, 1.807) is 12.4 Å². The molecule has 0 aliphatic heterocycles. The van der Waals surface area contributed by atoms with Crippen LogP contribution in [0.2, 0.25) is 0 Å². The van der Waals surface area contributed by atoms with Crippen molar-refractivity contribution in [2.24, 2.45) is 0 Å². The quantitative estimate of drug-likeness (QED) is 0.562. The third-order valence-electron chi connectivity index (χ3n) is 0.603. The number of halogens is 1. The third-order valence-corrected chi connectivity index (χ3v) is 0.810. The largest absolute Gasteiger partial charge is 0.397 e. The summed E-state index contributed by atoms with van der Waals surface area (Å²) in [6, 6.07) is 5.72. The number of aromatic nitrogens is 1. The van der Waals surface area contributed by atoms with Gasteiger partial charge in [-0.2, -0.15) is 0 Å². The van der Waals surface area contributed by atoms with Crippen LogP contribution >= 0.6 is 23.0 Å². The molecule has 0 saturated heterocycles. The molecule has 3 nitrogen and oxygen atoms in total. The maximum absolute atomic E-state index is 8.94. The first-order valence-electron chi connectivity index (χ1n) is 2.48. The molecule has 0 unspecified atom stereocenters. The zero-order valence-corrected chi connectivity index (χ0v) is 7.26. The Morgan fingerprint density at radius 1 is 1.30 bits per heavy atom. The van der Waals surface area contributed by atoms with Gasteiger partial charge in [0.05, 0.1) is 0 Å². The van der Waals surface area contributed by atoms with E-state index in [4.69, 9.17) is 4.79 Å². The fraction of sp³-hybridized carbons (Fsp3) is 0. The van der Waals surface area contributed by atoms with Crippen molar-refractivity contribution in [3.63, 3.8) is 0 Å². The van der Waals surface area contributed by atoms with Crippen LogP contribution in [0.5, 0.6) is 0 Å². The van der Waals surface area contributed by atoms with Crippen LogP contribution in [0, 0.1) is 0 Å². The second kappa shape index (κ2) is 8.35. The van der Waals surface area contributed by atoms with Crippen LogP contribution < -0.4 is 0 Å². The molecule has 1 aromatic rings. The molecule has 54 valence electrons. The molecule has 1 heterocycles. The van der Waals surface area contributed by atoms with Crippen molar-refractivity contribution in [1.29, 1.82) is 0 Å². The van der Waals surface area contributed by atoms with Crippen LogP contribution in [0.1, 0.15) is 0 Å². The number of rotatable bonds is 1. The second-order valence-corrected chi connectivity index (χ2v) is 1.72. The highest BCUT2D eigenvalue weighted by Crippen LogP contribution is 1.73. The molecule has 0 aliphatic rings. The summed E-state index contributed by atoms with van der Waals surface area (Å²) in [6.45, 7) is 0.362. The van der Waals surface area contributed by atoms with Crippen molar-refractivity contribution < 1.29 is 7.86 Å². The minimum absolute atomic E-state index is 0.362. The summed E-state index contributed by atoms with van der Waals surface area (Å²) >= 11 is 1.48. The van der Waals surface area contributed by atoms with E-state index < -0.39 is 0 Å². The van der Waals surface area contributed by atoms with Gasteiger partial charge in [-0.25, -0.2) is 0 Å². The van der Waals surface area contributed by atoms with Gasteiger partial charge in [-0.1, -0.05) is 6.07 Å². The number of carbonyl (C=O) groups excluding carboxylic acids is 1. The van der Waals surface area contributed by atoms with Crippen LogP contribution in [0.3, 0.4) is 0 Å². The van der Waals surface area contributed by atoms with Crippen molar-refractivity contribution >= 4 is 29.5 Å². The fourth-order valence-corrected chi connectivity index (χ4v) is 0.313. The van der Waals surface area contributed by atoms with Gasteiger partial charge in [0.1, 0.15) is 0 Å². The first kappa shape index (κ1) is 9.35. The monoisotopic (exact) mass is 251 g/mol. The molecule has 0 atom stereocenters. The number of hydrogen-bond acceptors (Lipinski definition) is 3. The summed E-state index contributed by atoms with van der Waals surface area (Å²) < 4.78 is 3.83. The smallest absolute Gasteiger partial charge is 0.302 e. The predicted molar refractivity (Wildman–Crippen MR) is 45.4 cm³/mol. The Kier molecular flexibility index (Phi) is 7.81. The van der Waals surface area contributed by atoms with E-state index in [0.29, 0.717) is 6.47 Å². The van der Waals surface area contributed by atoms with Gasteiger partial charge in [-0.05, 0) is 12.1 Å². The first-order valence-corrected chi connectivity index (χ1v) is 3.36. The van der Waals surface area contributed by atoms with Crippen LogP contribution in [0.25, 0.3) is 0 Å². The molecular formula is C6H6INO2. The Morgan fingerprint density at radius 3 is 1.90 bits per heavy atom. The van der Waals surface area contributed by atoms with Crippen LogP contribution in [-0.4, -0.2) is 11.5 Å². The summed E-state index contributed by atoms with van der Waals surface area (Å²) in [6.07, 6.45) is 3.50. The van der Waals surface area contributed by atoms with E-state index in [1.807, 2.05) is 18.2 Å². The highest BCUT2D eigenvalue weighted by molar-refractivity contribution is 14.1. The standard InChI is InChI=1S/C5H5N.CHIO2/c1-2-4-6-5-3-1;2-4-1-3/h1-5H;1H. The van der Waals surface area contributed by atoms with Gasteiger partial charge in [0.15, 0.2) is 23.0 Å². The average Bonchev–Trinajstić information content (AvgIpc) is 2.08. The molecule has 0 amide bonds. The Labute approximate surface area is 73.1 Å². The first-order chi connectivity index (χ1) is 4.91. The lowest BCUT2D eigenvalue weighted by Crippen LogP contribution is -1.58. The molecule has 10 heavy (non-hydrogen) atoms. The normalized spacial score (nSPS) is 6.90. The summed E-state index contributed by atoms with van der Waals surface area (Å²) in [7, 11) is 0. The van der Waals surface area contributed by atoms with Gasteiger partial charge in [-0.15, -0.1) is 0 Å². The van der Waals surface area contributed by atoms with Crippen molar-refractivity contribution in [1.82, 2.24) is 4.98 Å². The molecule has 0 fully saturated rings. The summed E-state index contributed by atoms with van der Waals surface area (Å²) in [5.41, 5.74) is 0. The SMILES string of the molecule is O=COI.c1ccncc1.